The van der Waals surface area contributed by atoms with E-state index in [1.54, 1.807) is 6.07 Å². The van der Waals surface area contributed by atoms with E-state index in [0.29, 0.717) is 11.1 Å². The molecule has 0 saturated carbocycles. The van der Waals surface area contributed by atoms with Crippen molar-refractivity contribution in [3.05, 3.63) is 28.8 Å². The molecule has 0 atom stereocenters. The Morgan fingerprint density at radius 3 is 2.81 bits per heavy atom. The summed E-state index contributed by atoms with van der Waals surface area (Å²) in [6.07, 6.45) is -0.0548. The molecule has 1 aromatic carbocycles. The standard InChI is InChI=1S/C11H12N2O3/c1-16-11(15)4-8-2-7(5-12)3-10(14)9(8)6-13/h2-3,14H,4-5,12H2,1H3. The van der Waals surface area contributed by atoms with Gasteiger partial charge in [-0.3, -0.25) is 4.79 Å². The van der Waals surface area contributed by atoms with Gasteiger partial charge in [0.15, 0.2) is 0 Å². The minimum atomic E-state index is -0.468. The van der Waals surface area contributed by atoms with E-state index in [1.807, 2.05) is 6.07 Å². The molecular weight excluding hydrogens is 208 g/mol. The molecule has 0 fully saturated rings. The van der Waals surface area contributed by atoms with Crippen LogP contribution < -0.4 is 5.73 Å². The summed E-state index contributed by atoms with van der Waals surface area (Å²) in [6, 6.07) is 4.88. The van der Waals surface area contributed by atoms with Gasteiger partial charge in [0.2, 0.25) is 0 Å². The summed E-state index contributed by atoms with van der Waals surface area (Å²) >= 11 is 0. The molecule has 5 heteroatoms. The van der Waals surface area contributed by atoms with E-state index < -0.39 is 5.97 Å². The average Bonchev–Trinajstić information content (AvgIpc) is 2.28. The lowest BCUT2D eigenvalue weighted by molar-refractivity contribution is -0.139. The fraction of sp³-hybridized carbons (Fsp3) is 0.273. The fourth-order valence-electron chi connectivity index (χ4n) is 1.36. The predicted molar refractivity (Wildman–Crippen MR) is 56.4 cm³/mol. The molecule has 0 aliphatic rings. The van der Waals surface area contributed by atoms with Gasteiger partial charge in [-0.25, -0.2) is 0 Å². The maximum atomic E-state index is 11.1. The Hall–Kier alpha value is -2.06. The van der Waals surface area contributed by atoms with Crippen LogP contribution in [0.3, 0.4) is 0 Å². The van der Waals surface area contributed by atoms with Crippen molar-refractivity contribution in [1.82, 2.24) is 0 Å². The van der Waals surface area contributed by atoms with Crippen LogP contribution in [0.5, 0.6) is 5.75 Å². The lowest BCUT2D eigenvalue weighted by Gasteiger charge is -2.07. The monoisotopic (exact) mass is 220 g/mol. The van der Waals surface area contributed by atoms with E-state index in [2.05, 4.69) is 4.74 Å². The lowest BCUT2D eigenvalue weighted by Crippen LogP contribution is -2.07. The number of phenolic OH excluding ortho intramolecular Hbond substituents is 1. The van der Waals surface area contributed by atoms with Crippen LogP contribution in [0.4, 0.5) is 0 Å². The molecule has 0 radical (unpaired) electrons. The second kappa shape index (κ2) is 5.14. The number of benzene rings is 1. The van der Waals surface area contributed by atoms with Crippen LogP contribution in [0.15, 0.2) is 12.1 Å². The zero-order valence-corrected chi connectivity index (χ0v) is 8.86. The summed E-state index contributed by atoms with van der Waals surface area (Å²) in [4.78, 5) is 11.1. The number of ether oxygens (including phenoxy) is 1. The maximum Gasteiger partial charge on any atom is 0.310 e. The fourth-order valence-corrected chi connectivity index (χ4v) is 1.36. The highest BCUT2D eigenvalue weighted by Crippen LogP contribution is 2.23. The normalized spacial score (nSPS) is 9.56. The van der Waals surface area contributed by atoms with Crippen molar-refractivity contribution in [2.24, 2.45) is 5.73 Å². The quantitative estimate of drug-likeness (QED) is 0.720. The van der Waals surface area contributed by atoms with Crippen molar-refractivity contribution in [3.8, 4) is 11.8 Å². The first kappa shape index (κ1) is 12.0. The summed E-state index contributed by atoms with van der Waals surface area (Å²) in [6.45, 7) is 0.230. The molecule has 1 aromatic rings. The first-order valence-corrected chi connectivity index (χ1v) is 4.64. The Bertz CT molecular complexity index is 449. The van der Waals surface area contributed by atoms with E-state index in [4.69, 9.17) is 11.0 Å². The molecule has 0 saturated heterocycles. The van der Waals surface area contributed by atoms with Crippen LogP contribution in [-0.2, 0) is 22.5 Å². The second-order valence-corrected chi connectivity index (χ2v) is 3.22. The Morgan fingerprint density at radius 2 is 2.31 bits per heavy atom. The number of carbonyl (C=O) groups excluding carboxylic acids is 1. The largest absolute Gasteiger partial charge is 0.507 e. The van der Waals surface area contributed by atoms with Gasteiger partial charge in [-0.1, -0.05) is 6.07 Å². The molecule has 5 nitrogen and oxygen atoms in total. The lowest BCUT2D eigenvalue weighted by atomic mass is 10.0. The number of esters is 1. The highest BCUT2D eigenvalue weighted by atomic mass is 16.5. The summed E-state index contributed by atoms with van der Waals surface area (Å²) in [5, 5.41) is 18.4. The third kappa shape index (κ3) is 2.49. The first-order chi connectivity index (χ1) is 7.62. The van der Waals surface area contributed by atoms with Gasteiger partial charge in [-0.15, -0.1) is 0 Å². The van der Waals surface area contributed by atoms with E-state index in [0.717, 1.165) is 0 Å². The van der Waals surface area contributed by atoms with E-state index in [-0.39, 0.29) is 24.3 Å². The van der Waals surface area contributed by atoms with Gasteiger partial charge in [0, 0.05) is 6.54 Å². The van der Waals surface area contributed by atoms with Crippen molar-refractivity contribution < 1.29 is 14.6 Å². The molecule has 0 aliphatic heterocycles. The molecule has 3 N–H and O–H groups in total. The van der Waals surface area contributed by atoms with Gasteiger partial charge in [-0.05, 0) is 17.2 Å². The van der Waals surface area contributed by atoms with Gasteiger partial charge >= 0.3 is 5.97 Å². The number of methoxy groups -OCH3 is 1. The van der Waals surface area contributed by atoms with Gasteiger partial charge in [0.05, 0.1) is 19.1 Å². The number of rotatable bonds is 3. The minimum absolute atomic E-state index is 0.0548. The number of nitrogens with zero attached hydrogens (tertiary/aromatic N) is 1. The minimum Gasteiger partial charge on any atom is -0.507 e. The van der Waals surface area contributed by atoms with Crippen LogP contribution >= 0.6 is 0 Å². The molecule has 0 amide bonds. The Morgan fingerprint density at radius 1 is 1.62 bits per heavy atom. The molecule has 0 aliphatic carbocycles. The van der Waals surface area contributed by atoms with Gasteiger partial charge in [-0.2, -0.15) is 5.26 Å². The summed E-state index contributed by atoms with van der Waals surface area (Å²) in [5.41, 5.74) is 6.61. The van der Waals surface area contributed by atoms with Gasteiger partial charge < -0.3 is 15.6 Å². The molecule has 84 valence electrons. The molecule has 0 unspecified atom stereocenters. The highest BCUT2D eigenvalue weighted by molar-refractivity contribution is 5.74. The van der Waals surface area contributed by atoms with E-state index in [9.17, 15) is 9.90 Å². The zero-order valence-electron chi connectivity index (χ0n) is 8.86. The van der Waals surface area contributed by atoms with Crippen LogP contribution in [0, 0.1) is 11.3 Å². The van der Waals surface area contributed by atoms with Crippen LogP contribution in [0.2, 0.25) is 0 Å². The average molecular weight is 220 g/mol. The summed E-state index contributed by atoms with van der Waals surface area (Å²) in [5.74, 6) is -0.630. The highest BCUT2D eigenvalue weighted by Gasteiger charge is 2.13. The third-order valence-corrected chi connectivity index (χ3v) is 2.17. The smallest absolute Gasteiger partial charge is 0.310 e. The first-order valence-electron chi connectivity index (χ1n) is 4.64. The number of nitriles is 1. The maximum absolute atomic E-state index is 11.1. The van der Waals surface area contributed by atoms with E-state index >= 15 is 0 Å². The summed E-state index contributed by atoms with van der Waals surface area (Å²) < 4.78 is 4.51. The number of hydrogen-bond acceptors (Lipinski definition) is 5. The number of aromatic hydroxyl groups is 1. The Kier molecular flexibility index (Phi) is 3.86. The zero-order chi connectivity index (χ0) is 12.1. The number of hydrogen-bond donors (Lipinski definition) is 2. The van der Waals surface area contributed by atoms with Crippen molar-refractivity contribution in [1.29, 1.82) is 5.26 Å². The van der Waals surface area contributed by atoms with Gasteiger partial charge in [0.25, 0.3) is 0 Å². The summed E-state index contributed by atoms with van der Waals surface area (Å²) in [7, 11) is 1.26. The van der Waals surface area contributed by atoms with Crippen molar-refractivity contribution >= 4 is 5.97 Å². The molecular formula is C11H12N2O3. The molecule has 0 aromatic heterocycles. The number of nitrogens with two attached hydrogens (primary N) is 1. The van der Waals surface area contributed by atoms with Gasteiger partial charge in [0.1, 0.15) is 11.8 Å². The van der Waals surface area contributed by atoms with Crippen molar-refractivity contribution in [2.75, 3.05) is 7.11 Å². The Labute approximate surface area is 93.1 Å². The number of phenols is 1. The predicted octanol–water partition coefficient (Wildman–Crippen LogP) is 0.438. The van der Waals surface area contributed by atoms with Crippen molar-refractivity contribution in [3.63, 3.8) is 0 Å². The van der Waals surface area contributed by atoms with Crippen LogP contribution in [0.1, 0.15) is 16.7 Å². The van der Waals surface area contributed by atoms with Crippen molar-refractivity contribution in [2.45, 2.75) is 13.0 Å². The molecule has 0 heterocycles. The molecule has 1 rings (SSSR count). The molecule has 0 spiro atoms. The topological polar surface area (TPSA) is 96.3 Å². The van der Waals surface area contributed by atoms with Crippen LogP contribution in [-0.4, -0.2) is 18.2 Å². The molecule has 0 bridgehead atoms. The second-order valence-electron chi connectivity index (χ2n) is 3.22. The van der Waals surface area contributed by atoms with Crippen LogP contribution in [0.25, 0.3) is 0 Å². The SMILES string of the molecule is COC(=O)Cc1cc(CN)cc(O)c1C#N. The molecule has 16 heavy (non-hydrogen) atoms. The van der Waals surface area contributed by atoms with E-state index in [1.165, 1.54) is 13.2 Å². The third-order valence-electron chi connectivity index (χ3n) is 2.17. The number of carbonyl (C=O) groups is 1. The Balaban J connectivity index is 3.19.